The Bertz CT molecular complexity index is 1210. The van der Waals surface area contributed by atoms with E-state index in [1.54, 1.807) is 19.5 Å². The highest BCUT2D eigenvalue weighted by molar-refractivity contribution is 6.11. The smallest absolute Gasteiger partial charge is 0.225 e. The van der Waals surface area contributed by atoms with Crippen LogP contribution in [0.5, 0.6) is 0 Å². The predicted octanol–water partition coefficient (Wildman–Crippen LogP) is 3.78. The number of allylic oxidation sites excluding steroid dienone is 1. The van der Waals surface area contributed by atoms with Crippen molar-refractivity contribution in [2.75, 3.05) is 38.3 Å². The standard InChI is InChI=1S/C29H36N6O2/c1-20-19-34(12-13-35(20)26(36)11-14-37-3)29-25(16-31)21(2)27(28(33-29)23-9-10-23)24(15-30)18-32-17-22-7-5-4-6-8-22/h4-8,15,18,20,23H,9-14,17,19,30H2,1-3H3. The molecule has 1 saturated carbocycles. The van der Waals surface area contributed by atoms with Gasteiger partial charge in [0.05, 0.1) is 30.8 Å². The van der Waals surface area contributed by atoms with Gasteiger partial charge in [0, 0.05) is 62.3 Å². The van der Waals surface area contributed by atoms with Crippen LogP contribution in [0, 0.1) is 18.3 Å². The fourth-order valence-corrected chi connectivity index (χ4v) is 4.97. The van der Waals surface area contributed by atoms with Gasteiger partial charge in [-0.2, -0.15) is 5.26 Å². The molecule has 0 radical (unpaired) electrons. The number of aromatic nitrogens is 1. The Morgan fingerprint density at radius 1 is 1.30 bits per heavy atom. The number of methoxy groups -OCH3 is 1. The average Bonchev–Trinajstić information content (AvgIpc) is 3.76. The maximum absolute atomic E-state index is 12.6. The molecule has 0 spiro atoms. The number of rotatable bonds is 9. The largest absolute Gasteiger partial charge is 0.404 e. The highest BCUT2D eigenvalue weighted by atomic mass is 16.5. The lowest BCUT2D eigenvalue weighted by molar-refractivity contribution is -0.134. The molecule has 2 aliphatic rings. The summed E-state index contributed by atoms with van der Waals surface area (Å²) >= 11 is 0. The number of carbonyl (C=O) groups is 1. The van der Waals surface area contributed by atoms with Gasteiger partial charge in [-0.05, 0) is 37.8 Å². The molecule has 1 aliphatic carbocycles. The van der Waals surface area contributed by atoms with Crippen LogP contribution in [0.3, 0.4) is 0 Å². The molecule has 4 rings (SSSR count). The monoisotopic (exact) mass is 500 g/mol. The van der Waals surface area contributed by atoms with Gasteiger partial charge in [0.15, 0.2) is 0 Å². The maximum atomic E-state index is 12.6. The zero-order chi connectivity index (χ0) is 26.4. The number of nitrogens with zero attached hydrogens (tertiary/aromatic N) is 5. The lowest BCUT2D eigenvalue weighted by atomic mass is 9.94. The Hall–Kier alpha value is -3.70. The van der Waals surface area contributed by atoms with E-state index >= 15 is 0 Å². The summed E-state index contributed by atoms with van der Waals surface area (Å²) in [5.74, 6) is 1.16. The zero-order valence-corrected chi connectivity index (χ0v) is 22.0. The van der Waals surface area contributed by atoms with Crippen LogP contribution < -0.4 is 10.6 Å². The molecule has 2 N–H and O–H groups in total. The molecular weight excluding hydrogens is 464 g/mol. The van der Waals surface area contributed by atoms with Gasteiger partial charge in [-0.3, -0.25) is 9.79 Å². The van der Waals surface area contributed by atoms with Crippen molar-refractivity contribution in [2.24, 2.45) is 10.7 Å². The van der Waals surface area contributed by atoms with Crippen molar-refractivity contribution in [1.82, 2.24) is 9.88 Å². The van der Waals surface area contributed by atoms with E-state index < -0.39 is 0 Å². The van der Waals surface area contributed by atoms with Gasteiger partial charge in [0.1, 0.15) is 11.9 Å². The van der Waals surface area contributed by atoms with E-state index in [2.05, 4.69) is 16.0 Å². The molecule has 1 aliphatic heterocycles. The summed E-state index contributed by atoms with van der Waals surface area (Å²) in [6, 6.07) is 12.5. The number of amides is 1. The predicted molar refractivity (Wildman–Crippen MR) is 146 cm³/mol. The number of hydrogen-bond acceptors (Lipinski definition) is 7. The number of pyridine rings is 1. The molecule has 194 valence electrons. The first kappa shape index (κ1) is 26.4. The van der Waals surface area contributed by atoms with Crippen molar-refractivity contribution in [3.05, 3.63) is 64.5 Å². The number of ether oxygens (including phenoxy) is 1. The maximum Gasteiger partial charge on any atom is 0.225 e. The van der Waals surface area contributed by atoms with Crippen LogP contribution in [0.1, 0.15) is 60.1 Å². The van der Waals surface area contributed by atoms with Gasteiger partial charge in [0.25, 0.3) is 0 Å². The summed E-state index contributed by atoms with van der Waals surface area (Å²) in [5.41, 5.74) is 11.3. The number of carbonyl (C=O) groups excluding carboxylic acids is 1. The minimum absolute atomic E-state index is 0.0143. The van der Waals surface area contributed by atoms with E-state index in [4.69, 9.17) is 15.5 Å². The molecule has 8 heteroatoms. The third-order valence-electron chi connectivity index (χ3n) is 7.11. The van der Waals surface area contributed by atoms with E-state index in [-0.39, 0.29) is 11.9 Å². The molecule has 1 aromatic carbocycles. The second-order valence-electron chi connectivity index (χ2n) is 9.78. The third-order valence-corrected chi connectivity index (χ3v) is 7.11. The molecule has 1 amide bonds. The number of nitriles is 1. The summed E-state index contributed by atoms with van der Waals surface area (Å²) in [6.45, 7) is 6.85. The van der Waals surface area contributed by atoms with E-state index in [1.807, 2.05) is 49.1 Å². The lowest BCUT2D eigenvalue weighted by Crippen LogP contribution is -2.54. The number of aliphatic imine (C=N–C) groups is 1. The molecule has 2 aromatic rings. The third kappa shape index (κ3) is 6.00. The molecule has 0 bridgehead atoms. The van der Waals surface area contributed by atoms with Gasteiger partial charge in [0.2, 0.25) is 5.91 Å². The Balaban J connectivity index is 1.62. The van der Waals surface area contributed by atoms with E-state index in [0.29, 0.717) is 56.5 Å². The second-order valence-corrected chi connectivity index (χ2v) is 9.78. The number of piperazine rings is 1. The Kier molecular flexibility index (Phi) is 8.57. The van der Waals surface area contributed by atoms with Crippen molar-refractivity contribution in [2.45, 2.75) is 51.6 Å². The van der Waals surface area contributed by atoms with Crippen molar-refractivity contribution in [1.29, 1.82) is 5.26 Å². The van der Waals surface area contributed by atoms with Gasteiger partial charge >= 0.3 is 0 Å². The van der Waals surface area contributed by atoms with Crippen LogP contribution >= 0.6 is 0 Å². The molecule has 2 heterocycles. The van der Waals surface area contributed by atoms with Gasteiger partial charge in [-0.25, -0.2) is 4.98 Å². The summed E-state index contributed by atoms with van der Waals surface area (Å²) < 4.78 is 5.07. The molecule has 2 fully saturated rings. The molecule has 37 heavy (non-hydrogen) atoms. The molecule has 1 saturated heterocycles. The summed E-state index contributed by atoms with van der Waals surface area (Å²) in [5, 5.41) is 10.2. The van der Waals surface area contributed by atoms with E-state index in [9.17, 15) is 10.1 Å². The van der Waals surface area contributed by atoms with Crippen molar-refractivity contribution in [3.8, 4) is 6.07 Å². The van der Waals surface area contributed by atoms with Crippen LogP contribution in [0.15, 0.2) is 41.5 Å². The number of hydrogen-bond donors (Lipinski definition) is 1. The van der Waals surface area contributed by atoms with Crippen LogP contribution in [0.4, 0.5) is 5.82 Å². The SMILES string of the molecule is COCCC(=O)N1CCN(c2nc(C3CC3)c(C(C=NCc3ccccc3)=CN)c(C)c2C#N)CC1C. The zero-order valence-electron chi connectivity index (χ0n) is 22.0. The van der Waals surface area contributed by atoms with Gasteiger partial charge in [-0.15, -0.1) is 0 Å². The molecule has 1 aromatic heterocycles. The minimum atomic E-state index is 0.0143. The number of nitrogens with two attached hydrogens (primary N) is 1. The Morgan fingerprint density at radius 3 is 2.68 bits per heavy atom. The summed E-state index contributed by atoms with van der Waals surface area (Å²) in [6.07, 6.45) is 5.89. The Labute approximate surface area is 219 Å². The molecule has 1 unspecified atom stereocenters. The fraction of sp³-hybridized carbons (Fsp3) is 0.448. The molecule has 8 nitrogen and oxygen atoms in total. The minimum Gasteiger partial charge on any atom is -0.404 e. The first-order chi connectivity index (χ1) is 18.0. The summed E-state index contributed by atoms with van der Waals surface area (Å²) in [7, 11) is 1.60. The second kappa shape index (κ2) is 12.0. The van der Waals surface area contributed by atoms with E-state index in [1.165, 1.54) is 0 Å². The fourth-order valence-electron chi connectivity index (χ4n) is 4.97. The van der Waals surface area contributed by atoms with Crippen LogP contribution in [-0.2, 0) is 16.1 Å². The van der Waals surface area contributed by atoms with Crippen molar-refractivity contribution >= 4 is 23.5 Å². The van der Waals surface area contributed by atoms with Gasteiger partial charge < -0.3 is 20.3 Å². The lowest BCUT2D eigenvalue weighted by Gasteiger charge is -2.41. The van der Waals surface area contributed by atoms with Crippen LogP contribution in [0.25, 0.3) is 5.57 Å². The Morgan fingerprint density at radius 2 is 2.05 bits per heavy atom. The van der Waals surface area contributed by atoms with E-state index in [0.717, 1.165) is 40.8 Å². The molecule has 1 atom stereocenters. The quantitative estimate of drug-likeness (QED) is 0.525. The highest BCUT2D eigenvalue weighted by Gasteiger charge is 2.34. The molecular formula is C29H36N6O2. The summed E-state index contributed by atoms with van der Waals surface area (Å²) in [4.78, 5) is 26.4. The first-order valence-corrected chi connectivity index (χ1v) is 12.9. The number of benzene rings is 1. The topological polar surface area (TPSA) is 108 Å². The first-order valence-electron chi connectivity index (χ1n) is 12.9. The van der Waals surface area contributed by atoms with Gasteiger partial charge in [-0.1, -0.05) is 30.3 Å². The average molecular weight is 501 g/mol. The highest BCUT2D eigenvalue weighted by Crippen LogP contribution is 2.45. The normalized spacial score (nSPS) is 18.3. The van der Waals surface area contributed by atoms with Crippen LogP contribution in [-0.4, -0.2) is 61.4 Å². The van der Waals surface area contributed by atoms with Crippen molar-refractivity contribution < 1.29 is 9.53 Å². The van der Waals surface area contributed by atoms with Crippen molar-refractivity contribution in [3.63, 3.8) is 0 Å². The number of anilines is 1. The van der Waals surface area contributed by atoms with Crippen LogP contribution in [0.2, 0.25) is 0 Å².